The van der Waals surface area contributed by atoms with Crippen molar-refractivity contribution in [2.24, 2.45) is 0 Å². The summed E-state index contributed by atoms with van der Waals surface area (Å²) in [6.07, 6.45) is 0.968. The highest BCUT2D eigenvalue weighted by molar-refractivity contribution is 5.96. The van der Waals surface area contributed by atoms with Gasteiger partial charge in [-0.1, -0.05) is 48.5 Å². The standard InChI is InChI=1S/C23H23N5/c1-15-20(17-10-6-7-11-19(17)25-15)22-26-21(18-12-13-28(2)23(18)27-22)24-14-16-8-4-3-5-9-16/h3-11,25H,12-14H2,1-2H3,(H,24,26,27). The third-order valence-corrected chi connectivity index (χ3v) is 5.46. The van der Waals surface area contributed by atoms with Gasteiger partial charge in [-0.2, -0.15) is 0 Å². The summed E-state index contributed by atoms with van der Waals surface area (Å²) in [5.41, 5.74) is 5.74. The van der Waals surface area contributed by atoms with Crippen molar-refractivity contribution < 1.29 is 0 Å². The molecule has 2 N–H and O–H groups in total. The van der Waals surface area contributed by atoms with Gasteiger partial charge in [-0.3, -0.25) is 0 Å². The van der Waals surface area contributed by atoms with Gasteiger partial charge < -0.3 is 15.2 Å². The van der Waals surface area contributed by atoms with Crippen molar-refractivity contribution in [3.63, 3.8) is 0 Å². The van der Waals surface area contributed by atoms with Gasteiger partial charge in [0.05, 0.1) is 0 Å². The van der Waals surface area contributed by atoms with Crippen molar-refractivity contribution in [1.29, 1.82) is 0 Å². The summed E-state index contributed by atoms with van der Waals surface area (Å²) in [7, 11) is 2.10. The molecule has 0 aliphatic carbocycles. The normalized spacial score (nSPS) is 13.1. The number of rotatable bonds is 4. The number of fused-ring (bicyclic) bond motifs is 2. The molecule has 5 rings (SSSR count). The van der Waals surface area contributed by atoms with Crippen molar-refractivity contribution in [2.45, 2.75) is 19.9 Å². The molecule has 0 unspecified atom stereocenters. The Morgan fingerprint density at radius 2 is 1.82 bits per heavy atom. The molecule has 2 aromatic heterocycles. The van der Waals surface area contributed by atoms with Gasteiger partial charge in [0.25, 0.3) is 0 Å². The summed E-state index contributed by atoms with van der Waals surface area (Å²) in [5, 5.41) is 4.73. The molecule has 0 atom stereocenters. The minimum atomic E-state index is 0.750. The third-order valence-electron chi connectivity index (χ3n) is 5.46. The van der Waals surface area contributed by atoms with Gasteiger partial charge in [0, 0.05) is 47.9 Å². The second kappa shape index (κ2) is 6.68. The predicted molar refractivity (Wildman–Crippen MR) is 115 cm³/mol. The molecular formula is C23H23N5. The largest absolute Gasteiger partial charge is 0.366 e. The maximum atomic E-state index is 4.98. The van der Waals surface area contributed by atoms with Gasteiger partial charge in [-0.25, -0.2) is 9.97 Å². The second-order valence-corrected chi connectivity index (χ2v) is 7.38. The zero-order chi connectivity index (χ0) is 19.1. The lowest BCUT2D eigenvalue weighted by molar-refractivity contribution is 0.945. The van der Waals surface area contributed by atoms with E-state index < -0.39 is 0 Å². The molecule has 0 saturated heterocycles. The number of likely N-dealkylation sites (N-methyl/N-ethyl adjacent to an activating group) is 1. The smallest absolute Gasteiger partial charge is 0.166 e. The van der Waals surface area contributed by atoms with Gasteiger partial charge in [-0.05, 0) is 25.0 Å². The molecule has 2 aromatic carbocycles. The van der Waals surface area contributed by atoms with Crippen LogP contribution in [0.25, 0.3) is 22.3 Å². The van der Waals surface area contributed by atoms with E-state index in [0.717, 1.165) is 59.1 Å². The number of hydrogen-bond acceptors (Lipinski definition) is 4. The van der Waals surface area contributed by atoms with Crippen LogP contribution in [0.5, 0.6) is 0 Å². The molecule has 1 aliphatic rings. The summed E-state index contributed by atoms with van der Waals surface area (Å²) in [4.78, 5) is 15.6. The SMILES string of the molecule is Cc1[nH]c2ccccc2c1-c1nc(NCc2ccccc2)c2c(n1)N(C)CC2. The number of H-pyrrole nitrogens is 1. The molecule has 3 heterocycles. The number of aromatic amines is 1. The fourth-order valence-electron chi connectivity index (χ4n) is 4.01. The fourth-order valence-corrected chi connectivity index (χ4v) is 4.01. The third kappa shape index (κ3) is 2.80. The lowest BCUT2D eigenvalue weighted by Gasteiger charge is -2.15. The Morgan fingerprint density at radius 3 is 2.68 bits per heavy atom. The molecule has 1 aliphatic heterocycles. The van der Waals surface area contributed by atoms with Crippen LogP contribution in [-0.2, 0) is 13.0 Å². The molecule has 0 bridgehead atoms. The highest BCUT2D eigenvalue weighted by Gasteiger charge is 2.25. The van der Waals surface area contributed by atoms with Crippen molar-refractivity contribution in [1.82, 2.24) is 15.0 Å². The second-order valence-electron chi connectivity index (χ2n) is 7.38. The van der Waals surface area contributed by atoms with Gasteiger partial charge in [-0.15, -0.1) is 0 Å². The first-order chi connectivity index (χ1) is 13.7. The van der Waals surface area contributed by atoms with Gasteiger partial charge in [0.2, 0.25) is 0 Å². The number of para-hydroxylation sites is 1. The van der Waals surface area contributed by atoms with E-state index in [0.29, 0.717) is 0 Å². The zero-order valence-corrected chi connectivity index (χ0v) is 16.2. The number of nitrogens with zero attached hydrogens (tertiary/aromatic N) is 3. The van der Waals surface area contributed by atoms with Crippen molar-refractivity contribution in [3.05, 3.63) is 71.4 Å². The molecule has 0 amide bonds. The first-order valence-electron chi connectivity index (χ1n) is 9.68. The molecule has 5 nitrogen and oxygen atoms in total. The number of benzene rings is 2. The minimum absolute atomic E-state index is 0.750. The Labute approximate surface area is 164 Å². The molecule has 0 radical (unpaired) electrons. The van der Waals surface area contributed by atoms with E-state index >= 15 is 0 Å². The van der Waals surface area contributed by atoms with Crippen LogP contribution in [0, 0.1) is 6.92 Å². The lowest BCUT2D eigenvalue weighted by atomic mass is 10.1. The van der Waals surface area contributed by atoms with Crippen LogP contribution in [0.2, 0.25) is 0 Å². The average molecular weight is 369 g/mol. The molecule has 4 aromatic rings. The van der Waals surface area contributed by atoms with Crippen molar-refractivity contribution in [3.8, 4) is 11.4 Å². The first kappa shape index (κ1) is 16.8. The average Bonchev–Trinajstić information content (AvgIpc) is 3.26. The number of hydrogen-bond donors (Lipinski definition) is 2. The number of aryl methyl sites for hydroxylation is 1. The fraction of sp³-hybridized carbons (Fsp3) is 0.217. The van der Waals surface area contributed by atoms with Crippen LogP contribution in [0.1, 0.15) is 16.8 Å². The highest BCUT2D eigenvalue weighted by Crippen LogP contribution is 2.36. The van der Waals surface area contributed by atoms with Crippen LogP contribution < -0.4 is 10.2 Å². The maximum Gasteiger partial charge on any atom is 0.166 e. The van der Waals surface area contributed by atoms with E-state index in [2.05, 4.69) is 71.6 Å². The van der Waals surface area contributed by atoms with Crippen LogP contribution in [0.3, 0.4) is 0 Å². The summed E-state index contributed by atoms with van der Waals surface area (Å²) in [5.74, 6) is 2.75. The summed E-state index contributed by atoms with van der Waals surface area (Å²) < 4.78 is 0. The van der Waals surface area contributed by atoms with E-state index in [1.807, 2.05) is 12.1 Å². The van der Waals surface area contributed by atoms with E-state index in [1.165, 1.54) is 11.1 Å². The molecule has 0 saturated carbocycles. The van der Waals surface area contributed by atoms with Crippen LogP contribution in [-0.4, -0.2) is 28.5 Å². The predicted octanol–water partition coefficient (Wildman–Crippen LogP) is 4.54. The molecular weight excluding hydrogens is 346 g/mol. The topological polar surface area (TPSA) is 56.8 Å². The van der Waals surface area contributed by atoms with E-state index in [9.17, 15) is 0 Å². The quantitative estimate of drug-likeness (QED) is 0.555. The Kier molecular flexibility index (Phi) is 4.01. The minimum Gasteiger partial charge on any atom is -0.366 e. The highest BCUT2D eigenvalue weighted by atomic mass is 15.2. The Bertz CT molecular complexity index is 1150. The number of aromatic nitrogens is 3. The Hall–Kier alpha value is -3.34. The van der Waals surface area contributed by atoms with Crippen LogP contribution >= 0.6 is 0 Å². The molecule has 0 spiro atoms. The molecule has 5 heteroatoms. The lowest BCUT2D eigenvalue weighted by Crippen LogP contribution is -2.14. The zero-order valence-electron chi connectivity index (χ0n) is 16.2. The van der Waals surface area contributed by atoms with Gasteiger partial charge in [0.15, 0.2) is 5.82 Å². The number of nitrogens with one attached hydrogen (secondary N) is 2. The molecule has 140 valence electrons. The Morgan fingerprint density at radius 1 is 1.04 bits per heavy atom. The summed E-state index contributed by atoms with van der Waals surface area (Å²) in [6, 6.07) is 18.8. The van der Waals surface area contributed by atoms with E-state index in [1.54, 1.807) is 0 Å². The molecule has 28 heavy (non-hydrogen) atoms. The van der Waals surface area contributed by atoms with E-state index in [4.69, 9.17) is 9.97 Å². The first-order valence-corrected chi connectivity index (χ1v) is 9.68. The number of anilines is 2. The summed E-state index contributed by atoms with van der Waals surface area (Å²) >= 11 is 0. The maximum absolute atomic E-state index is 4.98. The Balaban J connectivity index is 1.61. The van der Waals surface area contributed by atoms with Crippen molar-refractivity contribution >= 4 is 22.5 Å². The van der Waals surface area contributed by atoms with Gasteiger partial charge >= 0.3 is 0 Å². The molecule has 0 fully saturated rings. The van der Waals surface area contributed by atoms with Crippen molar-refractivity contribution in [2.75, 3.05) is 23.8 Å². The summed E-state index contributed by atoms with van der Waals surface area (Å²) in [6.45, 7) is 3.81. The van der Waals surface area contributed by atoms with E-state index in [-0.39, 0.29) is 0 Å². The van der Waals surface area contributed by atoms with Gasteiger partial charge in [0.1, 0.15) is 11.6 Å². The monoisotopic (exact) mass is 369 g/mol. The van der Waals surface area contributed by atoms with Crippen LogP contribution in [0.4, 0.5) is 11.6 Å². The van der Waals surface area contributed by atoms with Crippen LogP contribution in [0.15, 0.2) is 54.6 Å².